The molecule has 0 bridgehead atoms. The summed E-state index contributed by atoms with van der Waals surface area (Å²) in [5.41, 5.74) is 2.89. The third kappa shape index (κ3) is 3.93. The number of para-hydroxylation sites is 2. The Kier molecular flexibility index (Phi) is 5.30. The molecular weight excluding hydrogens is 340 g/mol. The van der Waals surface area contributed by atoms with Gasteiger partial charge in [0.2, 0.25) is 0 Å². The van der Waals surface area contributed by atoms with Crippen molar-refractivity contribution in [3.05, 3.63) is 59.7 Å². The van der Waals surface area contributed by atoms with Gasteiger partial charge in [-0.3, -0.25) is 9.69 Å². The number of ether oxygens (including phenoxy) is 2. The Balaban J connectivity index is 1.31. The molecule has 0 N–H and O–H groups in total. The number of fused-ring (bicyclic) bond motifs is 1. The topological polar surface area (TPSA) is 42.0 Å². The summed E-state index contributed by atoms with van der Waals surface area (Å²) in [6.45, 7) is 3.70. The zero-order chi connectivity index (χ0) is 18.6. The Labute approximate surface area is 160 Å². The summed E-state index contributed by atoms with van der Waals surface area (Å²) >= 11 is 0. The minimum Gasteiger partial charge on any atom is -0.493 e. The highest BCUT2D eigenvalue weighted by Crippen LogP contribution is 2.27. The molecule has 1 atom stereocenters. The molecule has 2 aromatic rings. The van der Waals surface area contributed by atoms with E-state index in [1.54, 1.807) is 7.11 Å². The number of methoxy groups -OCH3 is 1. The van der Waals surface area contributed by atoms with Crippen molar-refractivity contribution in [2.45, 2.75) is 25.4 Å². The van der Waals surface area contributed by atoms with Crippen LogP contribution in [-0.4, -0.2) is 55.1 Å². The van der Waals surface area contributed by atoms with Crippen molar-refractivity contribution in [2.24, 2.45) is 0 Å². The number of amides is 1. The van der Waals surface area contributed by atoms with Crippen LogP contribution in [0.3, 0.4) is 0 Å². The minimum atomic E-state index is 0.0424. The van der Waals surface area contributed by atoms with Crippen LogP contribution in [0.2, 0.25) is 0 Å². The maximum absolute atomic E-state index is 12.6. The van der Waals surface area contributed by atoms with Gasteiger partial charge in [0.1, 0.15) is 0 Å². The highest BCUT2D eigenvalue weighted by molar-refractivity contribution is 5.78. The molecule has 5 nitrogen and oxygen atoms in total. The lowest BCUT2D eigenvalue weighted by atomic mass is 9.98. The third-order valence-corrected chi connectivity index (χ3v) is 5.61. The van der Waals surface area contributed by atoms with Gasteiger partial charge in [-0.1, -0.05) is 36.4 Å². The van der Waals surface area contributed by atoms with E-state index in [0.29, 0.717) is 17.5 Å². The second kappa shape index (κ2) is 8.01. The molecule has 1 saturated heterocycles. The third-order valence-electron chi connectivity index (χ3n) is 5.61. The molecule has 1 amide bonds. The Morgan fingerprint density at radius 2 is 1.78 bits per heavy atom. The largest absolute Gasteiger partial charge is 0.493 e. The lowest BCUT2D eigenvalue weighted by Gasteiger charge is -2.33. The van der Waals surface area contributed by atoms with Crippen LogP contribution < -0.4 is 9.47 Å². The number of carbonyl (C=O) groups excluding carboxylic acids is 1. The van der Waals surface area contributed by atoms with E-state index in [0.717, 1.165) is 39.0 Å². The van der Waals surface area contributed by atoms with Crippen LogP contribution in [-0.2, 0) is 17.8 Å². The van der Waals surface area contributed by atoms with Gasteiger partial charge in [0.15, 0.2) is 18.1 Å². The molecule has 0 saturated carbocycles. The number of rotatable bonds is 5. The average Bonchev–Trinajstić information content (AvgIpc) is 3.22. The smallest absolute Gasteiger partial charge is 0.260 e. The molecule has 2 aliphatic heterocycles. The van der Waals surface area contributed by atoms with Gasteiger partial charge in [-0.25, -0.2) is 0 Å². The maximum Gasteiger partial charge on any atom is 0.260 e. The van der Waals surface area contributed by atoms with Gasteiger partial charge in [-0.05, 0) is 36.1 Å². The minimum absolute atomic E-state index is 0.0424. The molecule has 4 rings (SSSR count). The quantitative estimate of drug-likeness (QED) is 0.816. The molecule has 0 aromatic heterocycles. The normalized spacial score (nSPS) is 19.6. The maximum atomic E-state index is 12.6. The zero-order valence-corrected chi connectivity index (χ0v) is 15.8. The van der Waals surface area contributed by atoms with Gasteiger partial charge in [-0.15, -0.1) is 0 Å². The highest BCUT2D eigenvalue weighted by atomic mass is 16.5. The predicted octanol–water partition coefficient (Wildman–Crippen LogP) is 2.73. The van der Waals surface area contributed by atoms with E-state index < -0.39 is 0 Å². The molecule has 0 aliphatic carbocycles. The van der Waals surface area contributed by atoms with Crippen LogP contribution in [0.5, 0.6) is 11.5 Å². The van der Waals surface area contributed by atoms with Crippen molar-refractivity contribution in [3.8, 4) is 11.5 Å². The number of benzene rings is 2. The fourth-order valence-electron chi connectivity index (χ4n) is 4.06. The number of hydrogen-bond acceptors (Lipinski definition) is 4. The van der Waals surface area contributed by atoms with Crippen molar-refractivity contribution < 1.29 is 14.3 Å². The van der Waals surface area contributed by atoms with Gasteiger partial charge in [-0.2, -0.15) is 0 Å². The van der Waals surface area contributed by atoms with Gasteiger partial charge < -0.3 is 14.4 Å². The SMILES string of the molecule is COc1ccccc1OCC(=O)N1CC[C@H](N2CCc3ccccc3C2)C1. The van der Waals surface area contributed by atoms with Gasteiger partial charge in [0.05, 0.1) is 7.11 Å². The number of likely N-dealkylation sites (tertiary alicyclic amines) is 1. The van der Waals surface area contributed by atoms with E-state index in [9.17, 15) is 4.79 Å². The van der Waals surface area contributed by atoms with Crippen LogP contribution in [0, 0.1) is 0 Å². The molecule has 142 valence electrons. The Morgan fingerprint density at radius 3 is 2.59 bits per heavy atom. The van der Waals surface area contributed by atoms with Crippen molar-refractivity contribution >= 4 is 5.91 Å². The van der Waals surface area contributed by atoms with E-state index in [1.165, 1.54) is 11.1 Å². The summed E-state index contributed by atoms with van der Waals surface area (Å²) in [6, 6.07) is 16.5. The van der Waals surface area contributed by atoms with Crippen molar-refractivity contribution in [3.63, 3.8) is 0 Å². The average molecular weight is 366 g/mol. The first-order chi connectivity index (χ1) is 13.2. The molecule has 0 spiro atoms. The second-order valence-electron chi connectivity index (χ2n) is 7.21. The Morgan fingerprint density at radius 1 is 1.04 bits per heavy atom. The summed E-state index contributed by atoms with van der Waals surface area (Å²) in [4.78, 5) is 17.0. The Hall–Kier alpha value is -2.53. The van der Waals surface area contributed by atoms with Gasteiger partial charge in [0.25, 0.3) is 5.91 Å². The van der Waals surface area contributed by atoms with Crippen LogP contribution >= 0.6 is 0 Å². The summed E-state index contributed by atoms with van der Waals surface area (Å²) < 4.78 is 11.0. The van der Waals surface area contributed by atoms with Crippen LogP contribution in [0.1, 0.15) is 17.5 Å². The molecule has 2 heterocycles. The highest BCUT2D eigenvalue weighted by Gasteiger charge is 2.32. The van der Waals surface area contributed by atoms with Crippen LogP contribution in [0.4, 0.5) is 0 Å². The van der Waals surface area contributed by atoms with E-state index in [1.807, 2.05) is 29.2 Å². The zero-order valence-electron chi connectivity index (χ0n) is 15.8. The van der Waals surface area contributed by atoms with Crippen LogP contribution in [0.25, 0.3) is 0 Å². The second-order valence-corrected chi connectivity index (χ2v) is 7.21. The van der Waals surface area contributed by atoms with Crippen molar-refractivity contribution in [1.29, 1.82) is 0 Å². The number of hydrogen-bond donors (Lipinski definition) is 0. The fourth-order valence-corrected chi connectivity index (χ4v) is 4.06. The summed E-state index contributed by atoms with van der Waals surface area (Å²) in [6.07, 6.45) is 2.13. The first-order valence-electron chi connectivity index (χ1n) is 9.59. The number of nitrogens with zero attached hydrogens (tertiary/aromatic N) is 2. The first-order valence-corrected chi connectivity index (χ1v) is 9.59. The molecule has 1 fully saturated rings. The fraction of sp³-hybridized carbons (Fsp3) is 0.409. The molecule has 2 aromatic carbocycles. The lowest BCUT2D eigenvalue weighted by molar-refractivity contribution is -0.132. The molecule has 2 aliphatic rings. The van der Waals surface area contributed by atoms with Gasteiger partial charge >= 0.3 is 0 Å². The monoisotopic (exact) mass is 366 g/mol. The van der Waals surface area contributed by atoms with E-state index in [-0.39, 0.29) is 12.5 Å². The van der Waals surface area contributed by atoms with Crippen molar-refractivity contribution in [1.82, 2.24) is 9.80 Å². The van der Waals surface area contributed by atoms with E-state index in [4.69, 9.17) is 9.47 Å². The first kappa shape index (κ1) is 17.9. The molecular formula is C22H26N2O3. The lowest BCUT2D eigenvalue weighted by Crippen LogP contribution is -2.42. The van der Waals surface area contributed by atoms with Gasteiger partial charge in [0, 0.05) is 32.2 Å². The summed E-state index contributed by atoms with van der Waals surface area (Å²) in [7, 11) is 1.60. The summed E-state index contributed by atoms with van der Waals surface area (Å²) in [5, 5.41) is 0. The Bertz CT molecular complexity index is 808. The van der Waals surface area contributed by atoms with Crippen molar-refractivity contribution in [2.75, 3.05) is 33.4 Å². The summed E-state index contributed by atoms with van der Waals surface area (Å²) in [5.74, 6) is 1.30. The van der Waals surface area contributed by atoms with Crippen LogP contribution in [0.15, 0.2) is 48.5 Å². The van der Waals surface area contributed by atoms with E-state index >= 15 is 0 Å². The number of carbonyl (C=O) groups is 1. The molecule has 5 heteroatoms. The molecule has 0 radical (unpaired) electrons. The standard InChI is InChI=1S/C22H26N2O3/c1-26-20-8-4-5-9-21(20)27-16-22(25)24-13-11-19(15-24)23-12-10-17-6-2-3-7-18(17)14-23/h2-9,19H,10-16H2,1H3/t19-/m0/s1. The predicted molar refractivity (Wildman–Crippen MR) is 104 cm³/mol. The molecule has 27 heavy (non-hydrogen) atoms. The van der Waals surface area contributed by atoms with E-state index in [2.05, 4.69) is 29.2 Å². The molecule has 0 unspecified atom stereocenters.